The lowest BCUT2D eigenvalue weighted by atomic mass is 9.82. The second-order valence-corrected chi connectivity index (χ2v) is 11.8. The van der Waals surface area contributed by atoms with Crippen molar-refractivity contribution < 1.29 is 19.4 Å². The van der Waals surface area contributed by atoms with Gasteiger partial charge in [-0.05, 0) is 64.2 Å². The molecule has 202 valence electrons. The van der Waals surface area contributed by atoms with Gasteiger partial charge in [0.1, 0.15) is 12.4 Å². The minimum Gasteiger partial charge on any atom is -0.489 e. The zero-order chi connectivity index (χ0) is 27.5. The largest absolute Gasteiger partial charge is 0.489 e. The van der Waals surface area contributed by atoms with E-state index in [0.29, 0.717) is 17.9 Å². The molecule has 3 aromatic rings. The first kappa shape index (κ1) is 27.6. The number of pyridine rings is 2. The summed E-state index contributed by atoms with van der Waals surface area (Å²) in [6.07, 6.45) is 4.49. The van der Waals surface area contributed by atoms with E-state index in [2.05, 4.69) is 23.7 Å². The van der Waals surface area contributed by atoms with Gasteiger partial charge in [-0.3, -0.25) is 9.97 Å². The molecule has 7 nitrogen and oxygen atoms in total. The quantitative estimate of drug-likeness (QED) is 0.360. The molecule has 4 rings (SSSR count). The normalized spacial score (nSPS) is 16.2. The van der Waals surface area contributed by atoms with E-state index in [1.807, 2.05) is 76.4 Å². The van der Waals surface area contributed by atoms with Crippen molar-refractivity contribution in [1.29, 1.82) is 0 Å². The third-order valence-corrected chi connectivity index (χ3v) is 6.93. The van der Waals surface area contributed by atoms with Gasteiger partial charge in [0.05, 0.1) is 17.0 Å². The van der Waals surface area contributed by atoms with Crippen molar-refractivity contribution in [3.8, 4) is 17.0 Å². The molecule has 0 bridgehead atoms. The van der Waals surface area contributed by atoms with E-state index in [0.717, 1.165) is 54.2 Å². The van der Waals surface area contributed by atoms with Crippen LogP contribution >= 0.6 is 0 Å². The highest BCUT2D eigenvalue weighted by atomic mass is 16.5. The van der Waals surface area contributed by atoms with Gasteiger partial charge in [-0.15, -0.1) is 0 Å². The molecule has 0 amide bonds. The van der Waals surface area contributed by atoms with Gasteiger partial charge in [0.25, 0.3) is 0 Å². The number of carboxylic acid groups (broad SMARTS) is 1. The van der Waals surface area contributed by atoms with Crippen LogP contribution in [-0.2, 0) is 16.1 Å². The molecule has 1 aliphatic heterocycles. The molecule has 0 spiro atoms. The number of hydrogen-bond acceptors (Lipinski definition) is 6. The van der Waals surface area contributed by atoms with Crippen molar-refractivity contribution in [3.05, 3.63) is 71.7 Å². The first-order chi connectivity index (χ1) is 17.9. The van der Waals surface area contributed by atoms with Gasteiger partial charge in [-0.1, -0.05) is 38.1 Å². The smallest absolute Gasteiger partial charge is 0.337 e. The van der Waals surface area contributed by atoms with Crippen LogP contribution in [0.4, 0.5) is 5.69 Å². The second kappa shape index (κ2) is 11.1. The Balaban J connectivity index is 1.74. The summed E-state index contributed by atoms with van der Waals surface area (Å²) < 4.78 is 12.0. The third-order valence-electron chi connectivity index (χ3n) is 6.93. The Kier molecular flexibility index (Phi) is 8.07. The molecule has 0 aliphatic carbocycles. The first-order valence-electron chi connectivity index (χ1n) is 13.2. The Labute approximate surface area is 225 Å². The number of aliphatic carboxylic acids is 1. The zero-order valence-corrected chi connectivity index (χ0v) is 23.3. The van der Waals surface area contributed by atoms with Crippen molar-refractivity contribution in [1.82, 2.24) is 9.97 Å². The molecule has 1 N–H and O–H groups in total. The predicted octanol–water partition coefficient (Wildman–Crippen LogP) is 6.60. The highest BCUT2D eigenvalue weighted by Gasteiger charge is 2.36. The number of piperidine rings is 1. The number of benzene rings is 1. The number of carbonyl (C=O) groups is 1. The molecule has 1 aromatic carbocycles. The van der Waals surface area contributed by atoms with E-state index in [-0.39, 0.29) is 5.41 Å². The fourth-order valence-electron chi connectivity index (χ4n) is 4.73. The molecule has 1 atom stereocenters. The van der Waals surface area contributed by atoms with Gasteiger partial charge in [-0.2, -0.15) is 0 Å². The van der Waals surface area contributed by atoms with Crippen LogP contribution in [-0.4, -0.2) is 39.7 Å². The van der Waals surface area contributed by atoms with Crippen LogP contribution in [0.15, 0.2) is 54.9 Å². The van der Waals surface area contributed by atoms with Crippen LogP contribution in [0.1, 0.15) is 70.4 Å². The second-order valence-electron chi connectivity index (χ2n) is 11.8. The van der Waals surface area contributed by atoms with Gasteiger partial charge >= 0.3 is 5.97 Å². The maximum atomic E-state index is 12.5. The molecule has 2 aromatic heterocycles. The summed E-state index contributed by atoms with van der Waals surface area (Å²) >= 11 is 0. The Morgan fingerprint density at radius 2 is 1.74 bits per heavy atom. The maximum absolute atomic E-state index is 12.5. The molecular formula is C31H39N3O4. The average Bonchev–Trinajstić information content (AvgIpc) is 2.86. The van der Waals surface area contributed by atoms with Crippen LogP contribution in [0.5, 0.6) is 5.75 Å². The van der Waals surface area contributed by atoms with Crippen LogP contribution in [0, 0.1) is 12.3 Å². The lowest BCUT2D eigenvalue weighted by molar-refractivity contribution is -0.160. The highest BCUT2D eigenvalue weighted by molar-refractivity contribution is 5.85. The Hall–Kier alpha value is -3.45. The topological polar surface area (TPSA) is 84.8 Å². The van der Waals surface area contributed by atoms with Crippen LogP contribution in [0.2, 0.25) is 0 Å². The lowest BCUT2D eigenvalue weighted by Crippen LogP contribution is -2.39. The summed E-state index contributed by atoms with van der Waals surface area (Å²) in [4.78, 5) is 24.2. The maximum Gasteiger partial charge on any atom is 0.337 e. The molecule has 1 fully saturated rings. The Morgan fingerprint density at radius 3 is 2.32 bits per heavy atom. The number of hydrogen-bond donors (Lipinski definition) is 1. The summed E-state index contributed by atoms with van der Waals surface area (Å²) in [7, 11) is 0. The summed E-state index contributed by atoms with van der Waals surface area (Å²) in [5.74, 6) is -0.222. The molecule has 1 saturated heterocycles. The van der Waals surface area contributed by atoms with Gasteiger partial charge in [0.15, 0.2) is 6.10 Å². The Morgan fingerprint density at radius 1 is 1.05 bits per heavy atom. The summed E-state index contributed by atoms with van der Waals surface area (Å²) in [5, 5.41) is 10.3. The van der Waals surface area contributed by atoms with E-state index in [1.165, 1.54) is 0 Å². The predicted molar refractivity (Wildman–Crippen MR) is 149 cm³/mol. The highest BCUT2D eigenvalue weighted by Crippen LogP contribution is 2.43. The first-order valence-corrected chi connectivity index (χ1v) is 13.2. The summed E-state index contributed by atoms with van der Waals surface area (Å²) in [6.45, 7) is 14.1. The fourth-order valence-corrected chi connectivity index (χ4v) is 4.73. The molecule has 3 heterocycles. The number of para-hydroxylation sites is 1. The van der Waals surface area contributed by atoms with E-state index in [4.69, 9.17) is 14.5 Å². The average molecular weight is 518 g/mol. The van der Waals surface area contributed by atoms with E-state index in [9.17, 15) is 9.90 Å². The van der Waals surface area contributed by atoms with Crippen LogP contribution < -0.4 is 9.64 Å². The van der Waals surface area contributed by atoms with Gasteiger partial charge < -0.3 is 19.5 Å². The van der Waals surface area contributed by atoms with Gasteiger partial charge in [0.2, 0.25) is 0 Å². The lowest BCUT2D eigenvalue weighted by Gasteiger charge is -2.40. The van der Waals surface area contributed by atoms with E-state index >= 15 is 0 Å². The van der Waals surface area contributed by atoms with Crippen LogP contribution in [0.3, 0.4) is 0 Å². The minimum absolute atomic E-state index is 0.242. The molecule has 0 saturated carbocycles. The number of aromatic nitrogens is 2. The van der Waals surface area contributed by atoms with Gasteiger partial charge in [-0.25, -0.2) is 4.79 Å². The number of aryl methyl sites for hydroxylation is 1. The van der Waals surface area contributed by atoms with Crippen molar-refractivity contribution >= 4 is 11.7 Å². The molecular weight excluding hydrogens is 478 g/mol. The standard InChI is InChI=1S/C31H39N3O4/c1-21-26(28(29(35)36)38-30(2,3)4)27(34-16-14-31(5,6)15-17-34)24(19-32-21)25-13-12-22(18-33-25)20-37-23-10-8-7-9-11-23/h7-13,18-19,28H,14-17,20H2,1-6H3,(H,35,36)/t28-/m0/s1. The minimum atomic E-state index is -1.15. The number of carboxylic acids is 1. The SMILES string of the molecule is Cc1ncc(-c2ccc(COc3ccccc3)cn2)c(N2CCC(C)(C)CC2)c1[C@H](OC(C)(C)C)C(=O)O. The molecule has 0 unspecified atom stereocenters. The number of rotatable bonds is 8. The van der Waals surface area contributed by atoms with Crippen molar-refractivity contribution in [2.45, 2.75) is 72.7 Å². The van der Waals surface area contributed by atoms with Crippen molar-refractivity contribution in [3.63, 3.8) is 0 Å². The van der Waals surface area contributed by atoms with Crippen molar-refractivity contribution in [2.75, 3.05) is 18.0 Å². The number of nitrogens with zero attached hydrogens (tertiary/aromatic N) is 3. The summed E-state index contributed by atoms with van der Waals surface area (Å²) in [5.41, 5.74) is 4.19. The fraction of sp³-hybridized carbons (Fsp3) is 0.452. The third kappa shape index (κ3) is 6.70. The molecule has 0 radical (unpaired) electrons. The van der Waals surface area contributed by atoms with E-state index in [1.54, 1.807) is 6.20 Å². The van der Waals surface area contributed by atoms with E-state index < -0.39 is 17.7 Å². The van der Waals surface area contributed by atoms with Crippen molar-refractivity contribution in [2.24, 2.45) is 5.41 Å². The van der Waals surface area contributed by atoms with Crippen LogP contribution in [0.25, 0.3) is 11.3 Å². The number of ether oxygens (including phenoxy) is 2. The monoisotopic (exact) mass is 517 g/mol. The molecule has 7 heteroatoms. The zero-order valence-electron chi connectivity index (χ0n) is 23.3. The molecule has 38 heavy (non-hydrogen) atoms. The Bertz CT molecular complexity index is 1240. The number of anilines is 1. The summed E-state index contributed by atoms with van der Waals surface area (Å²) in [6, 6.07) is 13.6. The van der Waals surface area contributed by atoms with Gasteiger partial charge in [0, 0.05) is 47.9 Å². The molecule has 1 aliphatic rings.